The Hall–Kier alpha value is 0.0600. The lowest BCUT2D eigenvalue weighted by Crippen LogP contribution is -2.27. The largest absolute Gasteiger partial charge is 0.465 e. The fourth-order valence-corrected chi connectivity index (χ4v) is 6.32. The van der Waals surface area contributed by atoms with Crippen LogP contribution in [0.2, 0.25) is 0 Å². The van der Waals surface area contributed by atoms with Gasteiger partial charge in [-0.15, -0.1) is 0 Å². The normalized spacial score (nSPS) is 13.1. The number of hydrogen-bond donors (Lipinski definition) is 0. The molecule has 0 heterocycles. The highest BCUT2D eigenvalue weighted by Crippen LogP contribution is 2.62. The lowest BCUT2D eigenvalue weighted by atomic mass is 10.3. The first-order valence-corrected chi connectivity index (χ1v) is 9.77. The standard InChI is InChI=1S/C10H19O5PS2/c1-5-13-10(12)9(8(4)11)18-16(17,14-6-2)15-7-3/h9H,5-7H2,1-4H3. The van der Waals surface area contributed by atoms with Gasteiger partial charge < -0.3 is 13.8 Å². The van der Waals surface area contributed by atoms with Crippen LogP contribution in [0.1, 0.15) is 27.7 Å². The van der Waals surface area contributed by atoms with Crippen LogP contribution in [-0.4, -0.2) is 36.8 Å². The minimum Gasteiger partial charge on any atom is -0.465 e. The molecule has 0 aliphatic carbocycles. The fraction of sp³-hybridized carbons (Fsp3) is 0.800. The average Bonchev–Trinajstić information content (AvgIpc) is 2.26. The Bertz CT molecular complexity index is 324. The second-order valence-corrected chi connectivity index (χ2v) is 9.43. The van der Waals surface area contributed by atoms with Crippen molar-refractivity contribution in [3.8, 4) is 0 Å². The van der Waals surface area contributed by atoms with E-state index in [-0.39, 0.29) is 12.4 Å². The minimum absolute atomic E-state index is 0.218. The summed E-state index contributed by atoms with van der Waals surface area (Å²) in [6.45, 7) is 7.54. The van der Waals surface area contributed by atoms with Crippen LogP contribution < -0.4 is 0 Å². The second kappa shape index (κ2) is 9.04. The molecule has 8 heteroatoms. The third-order valence-electron chi connectivity index (χ3n) is 1.68. The van der Waals surface area contributed by atoms with Crippen LogP contribution in [-0.2, 0) is 35.2 Å². The highest BCUT2D eigenvalue weighted by Gasteiger charge is 2.34. The molecule has 0 radical (unpaired) electrons. The number of esters is 1. The third kappa shape index (κ3) is 6.29. The lowest BCUT2D eigenvalue weighted by Gasteiger charge is -2.23. The number of rotatable bonds is 9. The number of carbonyl (C=O) groups excluding carboxylic acids is 2. The van der Waals surface area contributed by atoms with Crippen molar-refractivity contribution < 1.29 is 23.4 Å². The summed E-state index contributed by atoms with van der Waals surface area (Å²) in [5.74, 6) is -0.907. The SMILES string of the molecule is CCOC(=O)C(SP(=S)(OCC)OCC)C(C)=O. The van der Waals surface area contributed by atoms with Gasteiger partial charge in [-0.1, -0.05) is 0 Å². The molecular weight excluding hydrogens is 295 g/mol. The lowest BCUT2D eigenvalue weighted by molar-refractivity contribution is -0.144. The van der Waals surface area contributed by atoms with E-state index < -0.39 is 16.9 Å². The summed E-state index contributed by atoms with van der Waals surface area (Å²) >= 11 is 6.22. The van der Waals surface area contributed by atoms with E-state index in [1.54, 1.807) is 20.8 Å². The van der Waals surface area contributed by atoms with Gasteiger partial charge in [-0.25, -0.2) is 0 Å². The maximum Gasteiger partial charge on any atom is 0.327 e. The molecule has 1 atom stereocenters. The summed E-state index contributed by atoms with van der Waals surface area (Å²) in [5.41, 5.74) is -2.68. The Kier molecular flexibility index (Phi) is 9.07. The number of hydrogen-bond acceptors (Lipinski definition) is 7. The van der Waals surface area contributed by atoms with Crippen LogP contribution in [0.5, 0.6) is 0 Å². The first kappa shape index (κ1) is 18.1. The molecule has 1 unspecified atom stereocenters. The molecule has 5 nitrogen and oxygen atoms in total. The summed E-state index contributed by atoms with van der Waals surface area (Å²) < 4.78 is 15.6. The number of ketones is 1. The van der Waals surface area contributed by atoms with Gasteiger partial charge >= 0.3 is 5.97 Å². The van der Waals surface area contributed by atoms with Gasteiger partial charge in [0.05, 0.1) is 19.8 Å². The number of ether oxygens (including phenoxy) is 1. The molecule has 0 aromatic rings. The Morgan fingerprint density at radius 3 is 2.00 bits per heavy atom. The fourth-order valence-electron chi connectivity index (χ4n) is 1.04. The molecule has 0 N–H and O–H groups in total. The van der Waals surface area contributed by atoms with Crippen LogP contribution in [0.4, 0.5) is 0 Å². The molecule has 0 rings (SSSR count). The molecule has 0 aliphatic heterocycles. The minimum atomic E-state index is -2.68. The van der Waals surface area contributed by atoms with Crippen LogP contribution in [0.25, 0.3) is 0 Å². The van der Waals surface area contributed by atoms with Gasteiger partial charge in [0.15, 0.2) is 11.0 Å². The number of carbonyl (C=O) groups is 2. The van der Waals surface area contributed by atoms with Gasteiger partial charge in [-0.05, 0) is 50.9 Å². The van der Waals surface area contributed by atoms with Gasteiger partial charge in [0.2, 0.25) is 5.69 Å². The molecule has 0 saturated heterocycles. The van der Waals surface area contributed by atoms with E-state index in [0.717, 1.165) is 11.4 Å². The van der Waals surface area contributed by atoms with Crippen molar-refractivity contribution in [1.82, 2.24) is 0 Å². The first-order chi connectivity index (χ1) is 8.40. The van der Waals surface area contributed by atoms with E-state index in [1.165, 1.54) is 6.92 Å². The van der Waals surface area contributed by atoms with Crippen LogP contribution in [0, 0.1) is 0 Å². The Labute approximate surface area is 117 Å². The van der Waals surface area contributed by atoms with Crippen molar-refractivity contribution >= 4 is 40.6 Å². The molecule has 0 aromatic carbocycles. The topological polar surface area (TPSA) is 61.8 Å². The molecule has 18 heavy (non-hydrogen) atoms. The highest BCUT2D eigenvalue weighted by molar-refractivity contribution is 8.68. The summed E-state index contributed by atoms with van der Waals surface area (Å²) in [6.07, 6.45) is 0. The second-order valence-electron chi connectivity index (χ2n) is 3.13. The molecule has 0 aromatic heterocycles. The van der Waals surface area contributed by atoms with Gasteiger partial charge in [0.1, 0.15) is 0 Å². The van der Waals surface area contributed by atoms with Crippen molar-refractivity contribution in [2.24, 2.45) is 0 Å². The van der Waals surface area contributed by atoms with Gasteiger partial charge in [0.25, 0.3) is 0 Å². The van der Waals surface area contributed by atoms with E-state index in [1.807, 2.05) is 0 Å². The number of Topliss-reactive ketones (excluding diaryl/α,β-unsaturated/α-hetero) is 1. The van der Waals surface area contributed by atoms with Crippen LogP contribution >= 0.6 is 17.1 Å². The van der Waals surface area contributed by atoms with Crippen molar-refractivity contribution in [2.75, 3.05) is 19.8 Å². The molecule has 0 bridgehead atoms. The quantitative estimate of drug-likeness (QED) is 0.368. The maximum atomic E-state index is 11.7. The highest BCUT2D eigenvalue weighted by atomic mass is 32.9. The van der Waals surface area contributed by atoms with Crippen molar-refractivity contribution in [3.05, 3.63) is 0 Å². The molecular formula is C10H19O5PS2. The van der Waals surface area contributed by atoms with E-state index >= 15 is 0 Å². The van der Waals surface area contributed by atoms with Crippen molar-refractivity contribution in [3.63, 3.8) is 0 Å². The molecule has 0 saturated carbocycles. The van der Waals surface area contributed by atoms with Crippen molar-refractivity contribution in [1.29, 1.82) is 0 Å². The summed E-state index contributed by atoms with van der Waals surface area (Å²) in [5, 5.41) is -0.978. The van der Waals surface area contributed by atoms with E-state index in [0.29, 0.717) is 13.2 Å². The van der Waals surface area contributed by atoms with E-state index in [9.17, 15) is 9.59 Å². The van der Waals surface area contributed by atoms with E-state index in [2.05, 4.69) is 0 Å². The van der Waals surface area contributed by atoms with Gasteiger partial charge in [-0.2, -0.15) is 0 Å². The smallest absolute Gasteiger partial charge is 0.327 e. The third-order valence-corrected chi connectivity index (χ3v) is 7.27. The zero-order valence-electron chi connectivity index (χ0n) is 11.0. The predicted octanol–water partition coefficient (Wildman–Crippen LogP) is 2.54. The molecule has 0 fully saturated rings. The monoisotopic (exact) mass is 314 g/mol. The summed E-state index contributed by atoms with van der Waals surface area (Å²) in [7, 11) is 0. The molecule has 0 spiro atoms. The zero-order chi connectivity index (χ0) is 14.2. The summed E-state index contributed by atoms with van der Waals surface area (Å²) in [6, 6.07) is 0. The molecule has 0 amide bonds. The van der Waals surface area contributed by atoms with E-state index in [4.69, 9.17) is 25.6 Å². The van der Waals surface area contributed by atoms with Gasteiger partial charge in [0, 0.05) is 0 Å². The van der Waals surface area contributed by atoms with Crippen molar-refractivity contribution in [2.45, 2.75) is 32.9 Å². The Balaban J connectivity index is 4.87. The first-order valence-electron chi connectivity index (χ1n) is 5.64. The van der Waals surface area contributed by atoms with Gasteiger partial charge in [-0.3, -0.25) is 9.59 Å². The molecule has 106 valence electrons. The summed E-state index contributed by atoms with van der Waals surface area (Å²) in [4.78, 5) is 23.2. The zero-order valence-corrected chi connectivity index (χ0v) is 13.5. The average molecular weight is 314 g/mol. The molecule has 0 aliphatic rings. The Morgan fingerprint density at radius 1 is 1.17 bits per heavy atom. The Morgan fingerprint density at radius 2 is 1.67 bits per heavy atom. The maximum absolute atomic E-state index is 11.7. The predicted molar refractivity (Wildman–Crippen MR) is 76.2 cm³/mol. The van der Waals surface area contributed by atoms with Crippen LogP contribution in [0.15, 0.2) is 0 Å². The van der Waals surface area contributed by atoms with Crippen LogP contribution in [0.3, 0.4) is 0 Å².